The Balaban J connectivity index is 1.63. The number of halogens is 2. The van der Waals surface area contributed by atoms with Gasteiger partial charge in [0.05, 0.1) is 5.52 Å². The van der Waals surface area contributed by atoms with Gasteiger partial charge in [-0.05, 0) is 36.1 Å². The van der Waals surface area contributed by atoms with Crippen molar-refractivity contribution < 1.29 is 8.78 Å². The molecular weight excluding hydrogens is 378 g/mol. The van der Waals surface area contributed by atoms with Crippen LogP contribution in [0.5, 0.6) is 0 Å². The molecule has 0 N–H and O–H groups in total. The molecule has 0 saturated carbocycles. The van der Waals surface area contributed by atoms with Crippen molar-refractivity contribution in [3.63, 3.8) is 0 Å². The average Bonchev–Trinajstić information content (AvgIpc) is 3.04. The SMILES string of the molecule is CC(Cc1cn(C)c2c(F)cc(F)cc12)N(Cc1ccccc1)Cc1ccccc1. The van der Waals surface area contributed by atoms with Crippen LogP contribution in [0.4, 0.5) is 8.78 Å². The molecule has 4 rings (SSSR count). The summed E-state index contributed by atoms with van der Waals surface area (Å²) in [6.45, 7) is 3.80. The molecule has 1 unspecified atom stereocenters. The second kappa shape index (κ2) is 8.80. The fourth-order valence-electron chi connectivity index (χ4n) is 4.15. The molecule has 0 saturated heterocycles. The van der Waals surface area contributed by atoms with Gasteiger partial charge in [0.1, 0.15) is 11.6 Å². The van der Waals surface area contributed by atoms with Gasteiger partial charge in [0.25, 0.3) is 0 Å². The Labute approximate surface area is 176 Å². The van der Waals surface area contributed by atoms with Crippen LogP contribution in [-0.2, 0) is 26.6 Å². The third-order valence-electron chi connectivity index (χ3n) is 5.67. The summed E-state index contributed by atoms with van der Waals surface area (Å²) in [7, 11) is 1.81. The minimum atomic E-state index is -0.537. The predicted molar refractivity (Wildman–Crippen MR) is 118 cm³/mol. The highest BCUT2D eigenvalue weighted by Crippen LogP contribution is 2.27. The Kier molecular flexibility index (Phi) is 5.96. The first-order chi connectivity index (χ1) is 14.5. The summed E-state index contributed by atoms with van der Waals surface area (Å²) in [6, 6.07) is 23.4. The Morgan fingerprint density at radius 2 is 1.43 bits per heavy atom. The molecule has 0 amide bonds. The normalized spacial score (nSPS) is 12.6. The predicted octanol–water partition coefficient (Wildman–Crippen LogP) is 6.09. The maximum atomic E-state index is 14.3. The highest BCUT2D eigenvalue weighted by molar-refractivity contribution is 5.84. The van der Waals surface area contributed by atoms with Crippen molar-refractivity contribution in [1.29, 1.82) is 0 Å². The highest BCUT2D eigenvalue weighted by atomic mass is 19.1. The maximum absolute atomic E-state index is 14.3. The monoisotopic (exact) mass is 404 g/mol. The van der Waals surface area contributed by atoms with Crippen molar-refractivity contribution in [3.8, 4) is 0 Å². The number of rotatable bonds is 7. The molecule has 0 aliphatic rings. The summed E-state index contributed by atoms with van der Waals surface area (Å²) in [6.07, 6.45) is 2.63. The van der Waals surface area contributed by atoms with E-state index in [-0.39, 0.29) is 6.04 Å². The van der Waals surface area contributed by atoms with E-state index >= 15 is 0 Å². The van der Waals surface area contributed by atoms with Crippen molar-refractivity contribution in [3.05, 3.63) is 107 Å². The van der Waals surface area contributed by atoms with E-state index in [1.54, 1.807) is 4.57 Å². The van der Waals surface area contributed by atoms with Crippen LogP contribution in [0.15, 0.2) is 79.0 Å². The molecule has 30 heavy (non-hydrogen) atoms. The van der Waals surface area contributed by atoms with E-state index in [9.17, 15) is 8.78 Å². The topological polar surface area (TPSA) is 8.17 Å². The van der Waals surface area contributed by atoms with E-state index in [1.165, 1.54) is 17.2 Å². The smallest absolute Gasteiger partial charge is 0.150 e. The van der Waals surface area contributed by atoms with Gasteiger partial charge >= 0.3 is 0 Å². The second-order valence-electron chi connectivity index (χ2n) is 7.98. The van der Waals surface area contributed by atoms with Crippen molar-refractivity contribution in [2.24, 2.45) is 7.05 Å². The Morgan fingerprint density at radius 1 is 0.867 bits per heavy atom. The summed E-state index contributed by atoms with van der Waals surface area (Å²) in [4.78, 5) is 2.42. The van der Waals surface area contributed by atoms with Crippen LogP contribution >= 0.6 is 0 Å². The van der Waals surface area contributed by atoms with Crippen LogP contribution in [0.3, 0.4) is 0 Å². The minimum absolute atomic E-state index is 0.183. The molecule has 3 aromatic carbocycles. The number of hydrogen-bond donors (Lipinski definition) is 0. The molecule has 0 radical (unpaired) electrons. The van der Waals surface area contributed by atoms with Crippen LogP contribution < -0.4 is 0 Å². The number of aryl methyl sites for hydroxylation is 1. The lowest BCUT2D eigenvalue weighted by Crippen LogP contribution is -2.33. The van der Waals surface area contributed by atoms with E-state index < -0.39 is 11.6 Å². The lowest BCUT2D eigenvalue weighted by molar-refractivity contribution is 0.189. The lowest BCUT2D eigenvalue weighted by atomic mass is 10.0. The third-order valence-corrected chi connectivity index (χ3v) is 5.67. The molecular formula is C26H26F2N2. The summed E-state index contributed by atoms with van der Waals surface area (Å²) in [5.74, 6) is -1.05. The quantitative estimate of drug-likeness (QED) is 0.362. The molecule has 1 atom stereocenters. The maximum Gasteiger partial charge on any atom is 0.150 e. The first kappa shape index (κ1) is 20.3. The molecule has 4 heteroatoms. The van der Waals surface area contributed by atoms with E-state index in [0.29, 0.717) is 17.3 Å². The van der Waals surface area contributed by atoms with E-state index in [1.807, 2.05) is 25.4 Å². The standard InChI is InChI=1S/C26H26F2N2/c1-19(13-22-18-29(2)26-24(22)14-23(27)15-25(26)28)30(16-20-9-5-3-6-10-20)17-21-11-7-4-8-12-21/h3-12,14-15,18-19H,13,16-17H2,1-2H3. The van der Waals surface area contributed by atoms with E-state index in [2.05, 4.69) is 60.4 Å². The molecule has 0 aliphatic carbocycles. The number of aromatic nitrogens is 1. The fraction of sp³-hybridized carbons (Fsp3) is 0.231. The molecule has 0 aliphatic heterocycles. The van der Waals surface area contributed by atoms with E-state index in [4.69, 9.17) is 0 Å². The largest absolute Gasteiger partial charge is 0.348 e. The zero-order chi connectivity index (χ0) is 21.1. The molecule has 1 heterocycles. The first-order valence-electron chi connectivity index (χ1n) is 10.3. The van der Waals surface area contributed by atoms with E-state index in [0.717, 1.165) is 24.7 Å². The molecule has 154 valence electrons. The van der Waals surface area contributed by atoms with Crippen LogP contribution in [0.25, 0.3) is 10.9 Å². The van der Waals surface area contributed by atoms with Gasteiger partial charge in [0.15, 0.2) is 0 Å². The van der Waals surface area contributed by atoms with Gasteiger partial charge in [-0.15, -0.1) is 0 Å². The molecule has 0 fully saturated rings. The van der Waals surface area contributed by atoms with Gasteiger partial charge in [-0.2, -0.15) is 0 Å². The number of nitrogens with zero attached hydrogens (tertiary/aromatic N) is 2. The Hall–Kier alpha value is -2.98. The molecule has 4 aromatic rings. The minimum Gasteiger partial charge on any atom is -0.348 e. The molecule has 2 nitrogen and oxygen atoms in total. The van der Waals surface area contributed by atoms with Gasteiger partial charge in [0, 0.05) is 43.8 Å². The van der Waals surface area contributed by atoms with Crippen molar-refractivity contribution in [2.75, 3.05) is 0 Å². The van der Waals surface area contributed by atoms with Gasteiger partial charge < -0.3 is 4.57 Å². The Bertz CT molecular complexity index is 1080. The summed E-state index contributed by atoms with van der Waals surface area (Å²) >= 11 is 0. The number of fused-ring (bicyclic) bond motifs is 1. The van der Waals surface area contributed by atoms with Gasteiger partial charge in [-0.25, -0.2) is 8.78 Å². The van der Waals surface area contributed by atoms with Gasteiger partial charge in [0.2, 0.25) is 0 Å². The molecule has 0 bridgehead atoms. The van der Waals surface area contributed by atoms with Crippen LogP contribution in [0.2, 0.25) is 0 Å². The van der Waals surface area contributed by atoms with Crippen molar-refractivity contribution in [1.82, 2.24) is 9.47 Å². The number of hydrogen-bond acceptors (Lipinski definition) is 1. The second-order valence-corrected chi connectivity index (χ2v) is 7.98. The van der Waals surface area contributed by atoms with Crippen molar-refractivity contribution in [2.45, 2.75) is 32.5 Å². The van der Waals surface area contributed by atoms with Crippen molar-refractivity contribution >= 4 is 10.9 Å². The van der Waals surface area contributed by atoms with Crippen LogP contribution in [-0.4, -0.2) is 15.5 Å². The van der Waals surface area contributed by atoms with Gasteiger partial charge in [-0.3, -0.25) is 4.90 Å². The Morgan fingerprint density at radius 3 is 2.00 bits per heavy atom. The molecule has 1 aromatic heterocycles. The first-order valence-corrected chi connectivity index (χ1v) is 10.3. The van der Waals surface area contributed by atoms with Crippen LogP contribution in [0.1, 0.15) is 23.6 Å². The summed E-state index contributed by atoms with van der Waals surface area (Å²) < 4.78 is 30.0. The zero-order valence-corrected chi connectivity index (χ0v) is 17.4. The lowest BCUT2D eigenvalue weighted by Gasteiger charge is -2.29. The number of benzene rings is 3. The van der Waals surface area contributed by atoms with Crippen LogP contribution in [0, 0.1) is 11.6 Å². The summed E-state index contributed by atoms with van der Waals surface area (Å²) in [5, 5.41) is 0.654. The summed E-state index contributed by atoms with van der Waals surface area (Å²) in [5.41, 5.74) is 3.91. The molecule has 0 spiro atoms. The fourth-order valence-corrected chi connectivity index (χ4v) is 4.15. The highest BCUT2D eigenvalue weighted by Gasteiger charge is 2.19. The van der Waals surface area contributed by atoms with Gasteiger partial charge in [-0.1, -0.05) is 60.7 Å². The third kappa shape index (κ3) is 4.44. The average molecular weight is 405 g/mol. The zero-order valence-electron chi connectivity index (χ0n) is 17.4.